The molecule has 0 saturated carbocycles. The van der Waals surface area contributed by atoms with Crippen molar-refractivity contribution in [2.75, 3.05) is 13.7 Å². The van der Waals surface area contributed by atoms with Gasteiger partial charge in [0, 0.05) is 13.2 Å². The van der Waals surface area contributed by atoms with Crippen LogP contribution in [0.25, 0.3) is 6.08 Å². The second kappa shape index (κ2) is 5.80. The van der Waals surface area contributed by atoms with E-state index in [1.807, 2.05) is 6.92 Å². The third kappa shape index (κ3) is 3.09. The number of amides is 1. The molecule has 0 unspecified atom stereocenters. The van der Waals surface area contributed by atoms with Crippen LogP contribution in [-0.4, -0.2) is 24.5 Å². The van der Waals surface area contributed by atoms with Crippen LogP contribution in [0.5, 0.6) is 0 Å². The highest BCUT2D eigenvalue weighted by molar-refractivity contribution is 5.96. The van der Waals surface area contributed by atoms with E-state index in [1.54, 1.807) is 31.5 Å². The third-order valence-electron chi connectivity index (χ3n) is 1.80. The fourth-order valence-corrected chi connectivity index (χ4v) is 1.09. The minimum Gasteiger partial charge on any atom is -0.501 e. The van der Waals surface area contributed by atoms with E-state index in [4.69, 9.17) is 4.74 Å². The maximum Gasteiger partial charge on any atom is 0.253 e. The molecule has 0 aliphatic heterocycles. The summed E-state index contributed by atoms with van der Waals surface area (Å²) in [5.41, 5.74) is 1.14. The molecule has 0 aliphatic rings. The van der Waals surface area contributed by atoms with Crippen molar-refractivity contribution >= 4 is 12.0 Å². The van der Waals surface area contributed by atoms with Crippen molar-refractivity contribution in [2.45, 2.75) is 6.92 Å². The highest BCUT2D eigenvalue weighted by Crippen LogP contribution is 2.07. The Balaban J connectivity index is 2.91. The van der Waals surface area contributed by atoms with Crippen molar-refractivity contribution in [1.82, 2.24) is 10.3 Å². The molecule has 1 aromatic rings. The molecule has 0 atom stereocenters. The molecule has 0 spiro atoms. The lowest BCUT2D eigenvalue weighted by molar-refractivity contribution is 0.0962. The van der Waals surface area contributed by atoms with Gasteiger partial charge in [0.25, 0.3) is 5.91 Å². The Morgan fingerprint density at radius 2 is 2.47 bits per heavy atom. The summed E-state index contributed by atoms with van der Waals surface area (Å²) in [6, 6.07) is 3.44. The maximum absolute atomic E-state index is 11.4. The summed E-state index contributed by atoms with van der Waals surface area (Å²) in [6.07, 6.45) is 4.85. The van der Waals surface area contributed by atoms with Crippen molar-refractivity contribution in [3.63, 3.8) is 0 Å². The number of pyridine rings is 1. The Kier molecular flexibility index (Phi) is 4.34. The van der Waals surface area contributed by atoms with Gasteiger partial charge in [0.05, 0.1) is 24.1 Å². The molecule has 0 radical (unpaired) electrons. The minimum absolute atomic E-state index is 0.153. The fourth-order valence-electron chi connectivity index (χ4n) is 1.09. The van der Waals surface area contributed by atoms with Crippen molar-refractivity contribution < 1.29 is 9.53 Å². The molecule has 0 bridgehead atoms. The van der Waals surface area contributed by atoms with Gasteiger partial charge in [-0.1, -0.05) is 0 Å². The molecule has 1 rings (SSSR count). The molecule has 15 heavy (non-hydrogen) atoms. The Morgan fingerprint density at radius 3 is 3.13 bits per heavy atom. The summed E-state index contributed by atoms with van der Waals surface area (Å²) in [5, 5.41) is 2.56. The van der Waals surface area contributed by atoms with Crippen molar-refractivity contribution in [3.05, 3.63) is 35.8 Å². The van der Waals surface area contributed by atoms with Crippen LogP contribution in [0.15, 0.2) is 24.6 Å². The molecule has 0 fully saturated rings. The summed E-state index contributed by atoms with van der Waals surface area (Å²) in [5.74, 6) is -0.153. The second-order valence-corrected chi connectivity index (χ2v) is 2.77. The molecule has 1 aromatic heterocycles. The first-order valence-corrected chi connectivity index (χ1v) is 4.74. The molecule has 0 aromatic carbocycles. The van der Waals surface area contributed by atoms with Gasteiger partial charge in [-0.2, -0.15) is 0 Å². The SMILES string of the molecule is CCO/C=C/c1ncccc1C(=O)NC. The average molecular weight is 206 g/mol. The summed E-state index contributed by atoms with van der Waals surface area (Å²) >= 11 is 0. The van der Waals surface area contributed by atoms with Crippen LogP contribution in [0.1, 0.15) is 23.0 Å². The first-order valence-electron chi connectivity index (χ1n) is 4.74. The third-order valence-corrected chi connectivity index (χ3v) is 1.80. The number of rotatable bonds is 4. The number of carbonyl (C=O) groups is 1. The predicted octanol–water partition coefficient (Wildman–Crippen LogP) is 1.45. The zero-order valence-electron chi connectivity index (χ0n) is 8.86. The van der Waals surface area contributed by atoms with Crippen LogP contribution in [0.3, 0.4) is 0 Å². The topological polar surface area (TPSA) is 51.2 Å². The van der Waals surface area contributed by atoms with Gasteiger partial charge in [0.2, 0.25) is 0 Å². The molecular weight excluding hydrogens is 192 g/mol. The van der Waals surface area contributed by atoms with E-state index >= 15 is 0 Å². The number of nitrogens with zero attached hydrogens (tertiary/aromatic N) is 1. The standard InChI is InChI=1S/C11H14N2O2/c1-3-15-8-6-10-9(11(14)12-2)5-4-7-13-10/h4-8H,3H2,1-2H3,(H,12,14)/b8-6+. The van der Waals surface area contributed by atoms with Crippen molar-refractivity contribution in [1.29, 1.82) is 0 Å². The first kappa shape index (κ1) is 11.2. The largest absolute Gasteiger partial charge is 0.501 e. The monoisotopic (exact) mass is 206 g/mol. The molecule has 4 heteroatoms. The number of ether oxygens (including phenoxy) is 1. The highest BCUT2D eigenvalue weighted by Gasteiger charge is 2.07. The summed E-state index contributed by atoms with van der Waals surface area (Å²) in [7, 11) is 1.59. The predicted molar refractivity (Wildman–Crippen MR) is 58.3 cm³/mol. The number of hydrogen-bond donors (Lipinski definition) is 1. The number of carbonyl (C=O) groups excluding carboxylic acids is 1. The minimum atomic E-state index is -0.153. The zero-order valence-corrected chi connectivity index (χ0v) is 8.86. The van der Waals surface area contributed by atoms with Gasteiger partial charge in [-0.25, -0.2) is 0 Å². The van der Waals surface area contributed by atoms with Crippen LogP contribution < -0.4 is 5.32 Å². The molecule has 1 N–H and O–H groups in total. The van der Waals surface area contributed by atoms with E-state index in [-0.39, 0.29) is 5.91 Å². The fraction of sp³-hybridized carbons (Fsp3) is 0.273. The maximum atomic E-state index is 11.4. The lowest BCUT2D eigenvalue weighted by atomic mass is 10.2. The van der Waals surface area contributed by atoms with Gasteiger partial charge in [-0.15, -0.1) is 0 Å². The highest BCUT2D eigenvalue weighted by atomic mass is 16.5. The number of nitrogens with one attached hydrogen (secondary N) is 1. The summed E-state index contributed by atoms with van der Waals surface area (Å²) in [4.78, 5) is 15.5. The molecule has 4 nitrogen and oxygen atoms in total. The van der Waals surface area contributed by atoms with E-state index < -0.39 is 0 Å². The van der Waals surface area contributed by atoms with Crippen LogP contribution in [0.4, 0.5) is 0 Å². The van der Waals surface area contributed by atoms with Gasteiger partial charge < -0.3 is 10.1 Å². The second-order valence-electron chi connectivity index (χ2n) is 2.77. The Hall–Kier alpha value is -1.84. The van der Waals surface area contributed by atoms with Crippen molar-refractivity contribution in [2.24, 2.45) is 0 Å². The summed E-state index contributed by atoms with van der Waals surface area (Å²) < 4.78 is 5.05. The smallest absolute Gasteiger partial charge is 0.253 e. The van der Waals surface area contributed by atoms with E-state index in [0.29, 0.717) is 17.9 Å². The van der Waals surface area contributed by atoms with E-state index in [9.17, 15) is 4.79 Å². The molecule has 1 amide bonds. The van der Waals surface area contributed by atoms with Gasteiger partial charge in [0.15, 0.2) is 0 Å². The Morgan fingerprint density at radius 1 is 1.67 bits per heavy atom. The lowest BCUT2D eigenvalue weighted by Gasteiger charge is -2.02. The van der Waals surface area contributed by atoms with Crippen LogP contribution >= 0.6 is 0 Å². The van der Waals surface area contributed by atoms with Gasteiger partial charge >= 0.3 is 0 Å². The Bertz CT molecular complexity index is 361. The normalized spacial score (nSPS) is 10.3. The van der Waals surface area contributed by atoms with Gasteiger partial charge in [-0.05, 0) is 25.1 Å². The molecule has 80 valence electrons. The lowest BCUT2D eigenvalue weighted by Crippen LogP contribution is -2.19. The average Bonchev–Trinajstić information content (AvgIpc) is 2.29. The van der Waals surface area contributed by atoms with Crippen LogP contribution in [0, 0.1) is 0 Å². The van der Waals surface area contributed by atoms with Gasteiger partial charge in [-0.3, -0.25) is 9.78 Å². The molecule has 1 heterocycles. The van der Waals surface area contributed by atoms with E-state index in [0.717, 1.165) is 0 Å². The van der Waals surface area contributed by atoms with E-state index in [1.165, 1.54) is 6.26 Å². The van der Waals surface area contributed by atoms with Crippen molar-refractivity contribution in [3.8, 4) is 0 Å². The Labute approximate surface area is 89.0 Å². The van der Waals surface area contributed by atoms with E-state index in [2.05, 4.69) is 10.3 Å². The first-order chi connectivity index (χ1) is 7.29. The summed E-state index contributed by atoms with van der Waals surface area (Å²) in [6.45, 7) is 2.49. The number of aromatic nitrogens is 1. The molecular formula is C11H14N2O2. The molecule has 0 aliphatic carbocycles. The quantitative estimate of drug-likeness (QED) is 0.758. The van der Waals surface area contributed by atoms with Gasteiger partial charge in [0.1, 0.15) is 0 Å². The zero-order chi connectivity index (χ0) is 11.1. The van der Waals surface area contributed by atoms with Crippen LogP contribution in [-0.2, 0) is 4.74 Å². The van der Waals surface area contributed by atoms with Crippen LogP contribution in [0.2, 0.25) is 0 Å². The number of hydrogen-bond acceptors (Lipinski definition) is 3. The molecule has 0 saturated heterocycles.